The summed E-state index contributed by atoms with van der Waals surface area (Å²) in [5.74, 6) is -0.525. The van der Waals surface area contributed by atoms with Crippen LogP contribution in [0.3, 0.4) is 0 Å². The van der Waals surface area contributed by atoms with Crippen molar-refractivity contribution in [1.82, 2.24) is 15.1 Å². The molecule has 1 fully saturated rings. The minimum Gasteiger partial charge on any atom is -0.454 e. The van der Waals surface area contributed by atoms with Crippen LogP contribution >= 0.6 is 0 Å². The zero-order chi connectivity index (χ0) is 21.2. The van der Waals surface area contributed by atoms with Crippen molar-refractivity contribution in [3.05, 3.63) is 35.4 Å². The van der Waals surface area contributed by atoms with Crippen LogP contribution in [0, 0.1) is 12.8 Å². The molecular weight excluding hydrogens is 370 g/mol. The van der Waals surface area contributed by atoms with E-state index in [1.165, 1.54) is 11.1 Å². The molecule has 0 spiro atoms. The first-order chi connectivity index (χ1) is 13.8. The highest BCUT2D eigenvalue weighted by Gasteiger charge is 2.22. The first-order valence-electron chi connectivity index (χ1n) is 10.3. The Labute approximate surface area is 173 Å². The molecule has 2 amide bonds. The van der Waals surface area contributed by atoms with Crippen molar-refractivity contribution in [2.45, 2.75) is 40.2 Å². The number of rotatable bonds is 9. The van der Waals surface area contributed by atoms with Crippen LogP contribution in [0.1, 0.15) is 37.8 Å². The average molecular weight is 404 g/mol. The molecule has 0 radical (unpaired) electrons. The van der Waals surface area contributed by atoms with Gasteiger partial charge < -0.3 is 15.0 Å². The van der Waals surface area contributed by atoms with Crippen LogP contribution in [0.5, 0.6) is 0 Å². The van der Waals surface area contributed by atoms with Gasteiger partial charge in [0.25, 0.3) is 5.91 Å². The maximum atomic E-state index is 12.3. The molecule has 7 nitrogen and oxygen atoms in total. The SMILES string of the molecule is Cc1cccc(CN2CCN(C(=O)COC(=O)CNC(=O)CCC(C)C)CC2)c1. The summed E-state index contributed by atoms with van der Waals surface area (Å²) in [4.78, 5) is 39.7. The summed E-state index contributed by atoms with van der Waals surface area (Å²) in [6.45, 7) is 9.37. The van der Waals surface area contributed by atoms with Crippen LogP contribution in [0.15, 0.2) is 24.3 Å². The van der Waals surface area contributed by atoms with Crippen LogP contribution in [0.2, 0.25) is 0 Å². The molecule has 0 saturated carbocycles. The van der Waals surface area contributed by atoms with Gasteiger partial charge in [0, 0.05) is 39.1 Å². The monoisotopic (exact) mass is 403 g/mol. The number of amides is 2. The molecule has 1 heterocycles. The smallest absolute Gasteiger partial charge is 0.325 e. The van der Waals surface area contributed by atoms with Gasteiger partial charge in [-0.1, -0.05) is 43.7 Å². The molecule has 1 aliphatic rings. The van der Waals surface area contributed by atoms with E-state index in [0.29, 0.717) is 25.4 Å². The summed E-state index contributed by atoms with van der Waals surface area (Å²) in [7, 11) is 0. The third-order valence-corrected chi connectivity index (χ3v) is 4.95. The molecule has 160 valence electrons. The largest absolute Gasteiger partial charge is 0.454 e. The molecule has 0 aliphatic carbocycles. The van der Waals surface area contributed by atoms with Gasteiger partial charge in [-0.25, -0.2) is 0 Å². The Bertz CT molecular complexity index is 697. The maximum absolute atomic E-state index is 12.3. The molecule has 0 atom stereocenters. The Morgan fingerprint density at radius 3 is 2.52 bits per heavy atom. The van der Waals surface area contributed by atoms with Crippen molar-refractivity contribution < 1.29 is 19.1 Å². The van der Waals surface area contributed by atoms with Crippen molar-refractivity contribution in [3.8, 4) is 0 Å². The maximum Gasteiger partial charge on any atom is 0.325 e. The molecule has 0 bridgehead atoms. The summed E-state index contributed by atoms with van der Waals surface area (Å²) in [6, 6.07) is 8.44. The van der Waals surface area contributed by atoms with Gasteiger partial charge in [-0.3, -0.25) is 19.3 Å². The van der Waals surface area contributed by atoms with Gasteiger partial charge in [0.05, 0.1) is 0 Å². The number of benzene rings is 1. The van der Waals surface area contributed by atoms with Crippen molar-refractivity contribution >= 4 is 17.8 Å². The standard InChI is InChI=1S/C22H33N3O4/c1-17(2)7-8-20(26)23-14-22(28)29-16-21(27)25-11-9-24(10-12-25)15-19-6-4-5-18(3)13-19/h4-6,13,17H,7-12,14-16H2,1-3H3,(H,23,26). The van der Waals surface area contributed by atoms with Crippen molar-refractivity contribution in [2.75, 3.05) is 39.3 Å². The summed E-state index contributed by atoms with van der Waals surface area (Å²) in [5.41, 5.74) is 2.52. The Kier molecular flexibility index (Phi) is 9.12. The number of carbonyl (C=O) groups excluding carboxylic acids is 3. The topological polar surface area (TPSA) is 79.0 Å². The van der Waals surface area contributed by atoms with Crippen molar-refractivity contribution in [1.29, 1.82) is 0 Å². The first kappa shape index (κ1) is 22.9. The van der Waals surface area contributed by atoms with Gasteiger partial charge in [-0.05, 0) is 24.8 Å². The minimum absolute atomic E-state index is 0.174. The number of nitrogens with one attached hydrogen (secondary N) is 1. The quantitative estimate of drug-likeness (QED) is 0.636. The molecule has 1 saturated heterocycles. The molecule has 0 aromatic heterocycles. The highest BCUT2D eigenvalue weighted by Crippen LogP contribution is 2.10. The molecule has 1 aromatic carbocycles. The van der Waals surface area contributed by atoms with Crippen molar-refractivity contribution in [3.63, 3.8) is 0 Å². The average Bonchev–Trinajstić information content (AvgIpc) is 2.69. The molecule has 7 heteroatoms. The molecule has 0 unspecified atom stereocenters. The lowest BCUT2D eigenvalue weighted by molar-refractivity contribution is -0.152. The van der Waals surface area contributed by atoms with E-state index < -0.39 is 5.97 Å². The zero-order valence-corrected chi connectivity index (χ0v) is 17.8. The van der Waals surface area contributed by atoms with Crippen LogP contribution in [-0.2, 0) is 25.7 Å². The summed E-state index contributed by atoms with van der Waals surface area (Å²) in [5, 5.41) is 2.53. The predicted molar refractivity (Wildman–Crippen MR) is 111 cm³/mol. The Hall–Kier alpha value is -2.41. The van der Waals surface area contributed by atoms with E-state index in [0.717, 1.165) is 26.1 Å². The van der Waals surface area contributed by atoms with E-state index in [9.17, 15) is 14.4 Å². The lowest BCUT2D eigenvalue weighted by Crippen LogP contribution is -2.49. The summed E-state index contributed by atoms with van der Waals surface area (Å²) < 4.78 is 5.01. The van der Waals surface area contributed by atoms with Gasteiger partial charge >= 0.3 is 5.97 Å². The van der Waals surface area contributed by atoms with Crippen LogP contribution in [-0.4, -0.2) is 66.9 Å². The number of hydrogen-bond donors (Lipinski definition) is 1. The second-order valence-electron chi connectivity index (χ2n) is 8.02. The van der Waals surface area contributed by atoms with Crippen molar-refractivity contribution in [2.24, 2.45) is 5.92 Å². The molecule has 1 N–H and O–H groups in total. The van der Waals surface area contributed by atoms with Crippen LogP contribution in [0.4, 0.5) is 0 Å². The number of nitrogens with zero attached hydrogens (tertiary/aromatic N) is 2. The number of piperazine rings is 1. The predicted octanol–water partition coefficient (Wildman–Crippen LogP) is 1.73. The number of esters is 1. The number of aryl methyl sites for hydroxylation is 1. The lowest BCUT2D eigenvalue weighted by Gasteiger charge is -2.34. The van der Waals surface area contributed by atoms with E-state index in [1.54, 1.807) is 4.90 Å². The fourth-order valence-corrected chi connectivity index (χ4v) is 3.19. The third-order valence-electron chi connectivity index (χ3n) is 4.95. The zero-order valence-electron chi connectivity index (χ0n) is 17.8. The lowest BCUT2D eigenvalue weighted by atomic mass is 10.1. The van der Waals surface area contributed by atoms with E-state index in [2.05, 4.69) is 41.4 Å². The molecule has 2 rings (SSSR count). The van der Waals surface area contributed by atoms with E-state index in [1.807, 2.05) is 13.8 Å². The van der Waals surface area contributed by atoms with Gasteiger partial charge in [0.2, 0.25) is 5.91 Å². The minimum atomic E-state index is -0.589. The van der Waals surface area contributed by atoms with Gasteiger partial charge in [0.15, 0.2) is 6.61 Å². The molecule has 29 heavy (non-hydrogen) atoms. The first-order valence-corrected chi connectivity index (χ1v) is 10.3. The normalized spacial score (nSPS) is 14.7. The number of carbonyl (C=O) groups is 3. The molecular formula is C22H33N3O4. The third kappa shape index (κ3) is 8.64. The number of hydrogen-bond acceptors (Lipinski definition) is 5. The highest BCUT2D eigenvalue weighted by molar-refractivity contribution is 5.84. The number of ether oxygens (including phenoxy) is 1. The second kappa shape index (κ2) is 11.6. The van der Waals surface area contributed by atoms with E-state index >= 15 is 0 Å². The fraction of sp³-hybridized carbons (Fsp3) is 0.591. The van der Waals surface area contributed by atoms with E-state index in [4.69, 9.17) is 4.74 Å². The molecule has 1 aromatic rings. The van der Waals surface area contributed by atoms with Gasteiger partial charge in [-0.2, -0.15) is 0 Å². The Morgan fingerprint density at radius 2 is 1.86 bits per heavy atom. The summed E-state index contributed by atoms with van der Waals surface area (Å²) >= 11 is 0. The van der Waals surface area contributed by atoms with Crippen LogP contribution in [0.25, 0.3) is 0 Å². The fourth-order valence-electron chi connectivity index (χ4n) is 3.19. The molecule has 1 aliphatic heterocycles. The van der Waals surface area contributed by atoms with Gasteiger partial charge in [-0.15, -0.1) is 0 Å². The Balaban J connectivity index is 1.62. The Morgan fingerprint density at radius 1 is 1.14 bits per heavy atom. The van der Waals surface area contributed by atoms with E-state index in [-0.39, 0.29) is 25.0 Å². The second-order valence-corrected chi connectivity index (χ2v) is 8.02. The van der Waals surface area contributed by atoms with Gasteiger partial charge in [0.1, 0.15) is 6.54 Å². The van der Waals surface area contributed by atoms with Crippen LogP contribution < -0.4 is 5.32 Å². The highest BCUT2D eigenvalue weighted by atomic mass is 16.5. The summed E-state index contributed by atoms with van der Waals surface area (Å²) in [6.07, 6.45) is 1.16.